The van der Waals surface area contributed by atoms with E-state index in [4.69, 9.17) is 22.3 Å². The van der Waals surface area contributed by atoms with Gasteiger partial charge in [0.25, 0.3) is 0 Å². The van der Waals surface area contributed by atoms with Crippen LogP contribution in [0, 0.1) is 24.7 Å². The summed E-state index contributed by atoms with van der Waals surface area (Å²) in [5.41, 5.74) is 0. The summed E-state index contributed by atoms with van der Waals surface area (Å²) in [4.78, 5) is 2.21. The second-order valence-corrected chi connectivity index (χ2v) is 4.66. The summed E-state index contributed by atoms with van der Waals surface area (Å²) in [5.74, 6) is 4.96. The zero-order chi connectivity index (χ0) is 14.2. The number of morpholine rings is 1. The van der Waals surface area contributed by atoms with E-state index < -0.39 is 0 Å². The Morgan fingerprint density at radius 1 is 0.895 bits per heavy atom. The largest absolute Gasteiger partial charge is 0.381 e. The SMILES string of the molecule is C#CCBr.C#CCN1CCOCC1.C1CCOCC1. The van der Waals surface area contributed by atoms with Gasteiger partial charge >= 0.3 is 0 Å². The smallest absolute Gasteiger partial charge is 0.0642 e. The van der Waals surface area contributed by atoms with Crippen LogP contribution in [0.15, 0.2) is 0 Å². The van der Waals surface area contributed by atoms with Crippen molar-refractivity contribution < 1.29 is 9.47 Å². The predicted octanol–water partition coefficient (Wildman–Crippen LogP) is 2.15. The molecular formula is C15H24BrNO2. The molecule has 2 heterocycles. The number of hydrogen-bond donors (Lipinski definition) is 0. The van der Waals surface area contributed by atoms with Gasteiger partial charge in [0, 0.05) is 26.3 Å². The molecule has 108 valence electrons. The zero-order valence-electron chi connectivity index (χ0n) is 11.6. The Labute approximate surface area is 126 Å². The van der Waals surface area contributed by atoms with Crippen LogP contribution in [0.2, 0.25) is 0 Å². The summed E-state index contributed by atoms with van der Waals surface area (Å²) in [6, 6.07) is 0. The number of ether oxygens (including phenoxy) is 2. The lowest BCUT2D eigenvalue weighted by molar-refractivity contribution is 0.0444. The number of hydrogen-bond acceptors (Lipinski definition) is 3. The summed E-state index contributed by atoms with van der Waals surface area (Å²) in [7, 11) is 0. The van der Waals surface area contributed by atoms with Crippen LogP contribution in [0.5, 0.6) is 0 Å². The second-order valence-electron chi connectivity index (χ2n) is 4.10. The summed E-state index contributed by atoms with van der Waals surface area (Å²) in [6.07, 6.45) is 13.8. The van der Waals surface area contributed by atoms with E-state index in [0.717, 1.165) is 46.1 Å². The molecule has 2 aliphatic rings. The van der Waals surface area contributed by atoms with Gasteiger partial charge in [0.15, 0.2) is 0 Å². The molecule has 0 radical (unpaired) electrons. The molecule has 0 aromatic rings. The van der Waals surface area contributed by atoms with Crippen molar-refractivity contribution in [3.8, 4) is 24.7 Å². The molecule has 2 saturated heterocycles. The van der Waals surface area contributed by atoms with Gasteiger partial charge in [-0.05, 0) is 19.3 Å². The van der Waals surface area contributed by atoms with Crippen molar-refractivity contribution in [1.82, 2.24) is 4.90 Å². The molecule has 2 rings (SSSR count). The Balaban J connectivity index is 0.000000281. The lowest BCUT2D eigenvalue weighted by Crippen LogP contribution is -2.36. The first kappa shape index (κ1) is 18.5. The third-order valence-corrected chi connectivity index (χ3v) is 2.90. The highest BCUT2D eigenvalue weighted by Gasteiger charge is 2.06. The van der Waals surface area contributed by atoms with Gasteiger partial charge in [0.05, 0.1) is 25.1 Å². The summed E-state index contributed by atoms with van der Waals surface area (Å²) < 4.78 is 10.2. The van der Waals surface area contributed by atoms with Crippen LogP contribution in [0.1, 0.15) is 19.3 Å². The highest BCUT2D eigenvalue weighted by Crippen LogP contribution is 2.02. The molecule has 0 atom stereocenters. The first-order valence-electron chi connectivity index (χ1n) is 6.66. The van der Waals surface area contributed by atoms with E-state index >= 15 is 0 Å². The van der Waals surface area contributed by atoms with Crippen LogP contribution in [0.4, 0.5) is 0 Å². The maximum Gasteiger partial charge on any atom is 0.0642 e. The van der Waals surface area contributed by atoms with E-state index in [1.165, 1.54) is 19.3 Å². The minimum Gasteiger partial charge on any atom is -0.381 e. The number of alkyl halides is 1. The molecule has 0 aliphatic carbocycles. The van der Waals surface area contributed by atoms with Crippen LogP contribution in [-0.2, 0) is 9.47 Å². The van der Waals surface area contributed by atoms with Gasteiger partial charge in [-0.3, -0.25) is 4.90 Å². The fraction of sp³-hybridized carbons (Fsp3) is 0.733. The maximum atomic E-state index is 5.14. The van der Waals surface area contributed by atoms with E-state index in [1.54, 1.807) is 0 Å². The van der Waals surface area contributed by atoms with E-state index in [0.29, 0.717) is 5.33 Å². The minimum atomic E-state index is 0.660. The first-order valence-corrected chi connectivity index (χ1v) is 7.78. The summed E-state index contributed by atoms with van der Waals surface area (Å²) in [5, 5.41) is 0.660. The third kappa shape index (κ3) is 13.7. The van der Waals surface area contributed by atoms with Gasteiger partial charge in [-0.25, -0.2) is 0 Å². The molecular weight excluding hydrogens is 306 g/mol. The second kappa shape index (κ2) is 15.5. The summed E-state index contributed by atoms with van der Waals surface area (Å²) in [6.45, 7) is 6.42. The van der Waals surface area contributed by atoms with E-state index in [2.05, 4.69) is 32.7 Å². The van der Waals surface area contributed by atoms with Crippen molar-refractivity contribution in [2.75, 3.05) is 51.4 Å². The molecule has 0 saturated carbocycles. The fourth-order valence-electron chi connectivity index (χ4n) is 1.58. The van der Waals surface area contributed by atoms with Crippen LogP contribution in [0.25, 0.3) is 0 Å². The van der Waals surface area contributed by atoms with Gasteiger partial charge in [0.1, 0.15) is 0 Å². The lowest BCUT2D eigenvalue weighted by atomic mass is 10.2. The molecule has 3 nitrogen and oxygen atoms in total. The van der Waals surface area contributed by atoms with Gasteiger partial charge in [0.2, 0.25) is 0 Å². The topological polar surface area (TPSA) is 21.7 Å². The molecule has 0 bridgehead atoms. The first-order chi connectivity index (χ1) is 9.35. The van der Waals surface area contributed by atoms with Crippen LogP contribution in [0.3, 0.4) is 0 Å². The molecule has 2 fully saturated rings. The Morgan fingerprint density at radius 2 is 1.42 bits per heavy atom. The van der Waals surface area contributed by atoms with E-state index in [9.17, 15) is 0 Å². The van der Waals surface area contributed by atoms with Crippen molar-refractivity contribution in [2.45, 2.75) is 19.3 Å². The van der Waals surface area contributed by atoms with Gasteiger partial charge in [-0.1, -0.05) is 27.8 Å². The van der Waals surface area contributed by atoms with Crippen molar-refractivity contribution >= 4 is 15.9 Å². The molecule has 19 heavy (non-hydrogen) atoms. The van der Waals surface area contributed by atoms with Gasteiger partial charge in [-0.15, -0.1) is 12.8 Å². The number of halogens is 1. The molecule has 4 heteroatoms. The van der Waals surface area contributed by atoms with E-state index in [-0.39, 0.29) is 0 Å². The normalized spacial score (nSPS) is 18.7. The molecule has 2 aliphatic heterocycles. The van der Waals surface area contributed by atoms with Gasteiger partial charge < -0.3 is 9.47 Å². The molecule has 0 N–H and O–H groups in total. The molecule has 0 amide bonds. The van der Waals surface area contributed by atoms with Crippen LogP contribution < -0.4 is 0 Å². The Bertz CT molecular complexity index is 249. The zero-order valence-corrected chi connectivity index (χ0v) is 13.2. The number of terminal acetylenes is 2. The molecule has 0 aromatic heterocycles. The number of nitrogens with zero attached hydrogens (tertiary/aromatic N) is 1. The minimum absolute atomic E-state index is 0.660. The lowest BCUT2D eigenvalue weighted by Gasteiger charge is -2.23. The maximum absolute atomic E-state index is 5.14. The molecule has 0 unspecified atom stereocenters. The predicted molar refractivity (Wildman–Crippen MR) is 83.4 cm³/mol. The third-order valence-electron chi connectivity index (χ3n) is 2.57. The average molecular weight is 330 g/mol. The number of rotatable bonds is 1. The van der Waals surface area contributed by atoms with Crippen LogP contribution in [-0.4, -0.2) is 56.3 Å². The van der Waals surface area contributed by atoms with Gasteiger partial charge in [-0.2, -0.15) is 0 Å². The average Bonchev–Trinajstić information content (AvgIpc) is 2.51. The van der Waals surface area contributed by atoms with Crippen LogP contribution >= 0.6 is 15.9 Å². The van der Waals surface area contributed by atoms with Crippen molar-refractivity contribution in [2.24, 2.45) is 0 Å². The Morgan fingerprint density at radius 3 is 1.74 bits per heavy atom. The van der Waals surface area contributed by atoms with Crippen molar-refractivity contribution in [1.29, 1.82) is 0 Å². The summed E-state index contributed by atoms with van der Waals surface area (Å²) >= 11 is 3.01. The monoisotopic (exact) mass is 329 g/mol. The Kier molecular flexibility index (Phi) is 15.1. The fourth-order valence-corrected chi connectivity index (χ4v) is 1.58. The highest BCUT2D eigenvalue weighted by molar-refractivity contribution is 9.09. The van der Waals surface area contributed by atoms with Crippen molar-refractivity contribution in [3.63, 3.8) is 0 Å². The quantitative estimate of drug-likeness (QED) is 0.543. The Hall–Kier alpha value is -0.520. The molecule has 0 aromatic carbocycles. The highest BCUT2D eigenvalue weighted by atomic mass is 79.9. The molecule has 0 spiro atoms. The standard InChI is InChI=1S/C7H11NO.C5H10O.C3H3Br/c1-2-3-8-4-6-9-7-5-8;1-2-4-6-5-3-1;1-2-3-4/h1H,3-7H2;1-5H2;1H,3H2. The van der Waals surface area contributed by atoms with E-state index in [1.807, 2.05) is 0 Å². The van der Waals surface area contributed by atoms with Crippen molar-refractivity contribution in [3.05, 3.63) is 0 Å².